The lowest BCUT2D eigenvalue weighted by molar-refractivity contribution is -0.138. The first-order valence-electron chi connectivity index (χ1n) is 10.8. The van der Waals surface area contributed by atoms with Crippen molar-refractivity contribution >= 4 is 23.6 Å². The van der Waals surface area contributed by atoms with Crippen LogP contribution in [0.2, 0.25) is 0 Å². The van der Waals surface area contributed by atoms with Crippen molar-refractivity contribution in [2.75, 3.05) is 20.0 Å². The molecule has 0 bridgehead atoms. The predicted molar refractivity (Wildman–Crippen MR) is 130 cm³/mol. The van der Waals surface area contributed by atoms with Gasteiger partial charge in [0.1, 0.15) is 17.5 Å². The number of ether oxygens (including phenoxy) is 2. The molecule has 2 atom stereocenters. The maximum Gasteiger partial charge on any atom is 0.242 e. The van der Waals surface area contributed by atoms with E-state index in [0.29, 0.717) is 18.1 Å². The molecule has 32 heavy (non-hydrogen) atoms. The summed E-state index contributed by atoms with van der Waals surface area (Å²) in [5, 5.41) is 2.99. The zero-order valence-electron chi connectivity index (χ0n) is 19.6. The van der Waals surface area contributed by atoms with Gasteiger partial charge in [-0.05, 0) is 55.7 Å². The summed E-state index contributed by atoms with van der Waals surface area (Å²) < 4.78 is 10.4. The summed E-state index contributed by atoms with van der Waals surface area (Å²) in [6, 6.07) is 14.9. The van der Waals surface area contributed by atoms with E-state index in [-0.39, 0.29) is 17.9 Å². The molecular formula is C25H34N2O4S. The molecule has 2 aromatic rings. The van der Waals surface area contributed by atoms with Crippen LogP contribution in [0.3, 0.4) is 0 Å². The minimum atomic E-state index is -0.569. The highest BCUT2D eigenvalue weighted by Gasteiger charge is 2.26. The van der Waals surface area contributed by atoms with Gasteiger partial charge in [0.2, 0.25) is 11.8 Å². The molecule has 0 fully saturated rings. The summed E-state index contributed by atoms with van der Waals surface area (Å²) in [6.07, 6.45) is 0.836. The topological polar surface area (TPSA) is 67.9 Å². The normalized spacial score (nSPS) is 12.5. The Morgan fingerprint density at radius 1 is 0.938 bits per heavy atom. The number of amides is 2. The smallest absolute Gasteiger partial charge is 0.242 e. The first kappa shape index (κ1) is 25.6. The van der Waals surface area contributed by atoms with Gasteiger partial charge in [0.05, 0.1) is 20.0 Å². The Labute approximate surface area is 195 Å². The van der Waals surface area contributed by atoms with Crippen LogP contribution >= 0.6 is 11.8 Å². The van der Waals surface area contributed by atoms with E-state index in [9.17, 15) is 9.59 Å². The molecule has 0 saturated heterocycles. The van der Waals surface area contributed by atoms with Gasteiger partial charge in [-0.3, -0.25) is 9.59 Å². The van der Waals surface area contributed by atoms with E-state index < -0.39 is 6.04 Å². The van der Waals surface area contributed by atoms with Gasteiger partial charge in [-0.2, -0.15) is 0 Å². The van der Waals surface area contributed by atoms with E-state index in [2.05, 4.69) is 5.32 Å². The molecule has 0 radical (unpaired) electrons. The fourth-order valence-electron chi connectivity index (χ4n) is 3.04. The fourth-order valence-corrected chi connectivity index (χ4v) is 3.91. The zero-order chi connectivity index (χ0) is 23.5. The van der Waals surface area contributed by atoms with Crippen molar-refractivity contribution in [2.45, 2.75) is 51.6 Å². The quantitative estimate of drug-likeness (QED) is 0.515. The number of methoxy groups -OCH3 is 2. The van der Waals surface area contributed by atoms with E-state index in [0.717, 1.165) is 29.0 Å². The number of thioether (sulfide) groups is 1. The second-order valence-corrected chi connectivity index (χ2v) is 8.69. The van der Waals surface area contributed by atoms with Crippen molar-refractivity contribution in [3.8, 4) is 11.5 Å². The highest BCUT2D eigenvalue weighted by atomic mass is 32.2. The van der Waals surface area contributed by atoms with Gasteiger partial charge in [0.15, 0.2) is 0 Å². The van der Waals surface area contributed by atoms with Gasteiger partial charge >= 0.3 is 0 Å². The number of hydrogen-bond acceptors (Lipinski definition) is 5. The Morgan fingerprint density at radius 3 is 1.97 bits per heavy atom. The third kappa shape index (κ3) is 7.79. The van der Waals surface area contributed by atoms with Crippen LogP contribution in [0.15, 0.2) is 48.5 Å². The summed E-state index contributed by atoms with van der Waals surface area (Å²) in [4.78, 5) is 27.6. The van der Waals surface area contributed by atoms with Crippen LogP contribution < -0.4 is 14.8 Å². The van der Waals surface area contributed by atoms with Crippen molar-refractivity contribution < 1.29 is 19.1 Å². The number of carbonyl (C=O) groups is 2. The number of rotatable bonds is 12. The number of nitrogens with one attached hydrogen (secondary N) is 1. The maximum absolute atomic E-state index is 13.1. The summed E-state index contributed by atoms with van der Waals surface area (Å²) >= 11 is 1.54. The molecule has 2 amide bonds. The first-order valence-corrected chi connectivity index (χ1v) is 12.0. The van der Waals surface area contributed by atoms with Gasteiger partial charge < -0.3 is 19.7 Å². The van der Waals surface area contributed by atoms with Crippen molar-refractivity contribution in [1.29, 1.82) is 0 Å². The molecule has 0 spiro atoms. The molecule has 6 nitrogen and oxygen atoms in total. The van der Waals surface area contributed by atoms with E-state index in [1.807, 2.05) is 62.4 Å². The average Bonchev–Trinajstić information content (AvgIpc) is 2.82. The van der Waals surface area contributed by atoms with Crippen LogP contribution in [0.4, 0.5) is 0 Å². The number of benzene rings is 2. The maximum atomic E-state index is 13.1. The molecule has 0 aromatic heterocycles. The lowest BCUT2D eigenvalue weighted by Gasteiger charge is -2.29. The molecule has 0 aliphatic heterocycles. The Balaban J connectivity index is 2.06. The van der Waals surface area contributed by atoms with Crippen LogP contribution in [0.1, 0.15) is 38.3 Å². The zero-order valence-corrected chi connectivity index (χ0v) is 20.4. The van der Waals surface area contributed by atoms with Crippen molar-refractivity contribution in [3.05, 3.63) is 59.7 Å². The molecule has 7 heteroatoms. The highest BCUT2D eigenvalue weighted by molar-refractivity contribution is 7.99. The number of nitrogens with zero attached hydrogens (tertiary/aromatic N) is 1. The summed E-state index contributed by atoms with van der Waals surface area (Å²) in [7, 11) is 3.25. The lowest BCUT2D eigenvalue weighted by atomic mass is 10.1. The van der Waals surface area contributed by atoms with Crippen LogP contribution in [0.25, 0.3) is 0 Å². The monoisotopic (exact) mass is 458 g/mol. The van der Waals surface area contributed by atoms with Gasteiger partial charge in [-0.1, -0.05) is 31.2 Å². The number of carbonyl (C=O) groups excluding carboxylic acids is 2. The molecule has 1 N–H and O–H groups in total. The van der Waals surface area contributed by atoms with E-state index in [4.69, 9.17) is 9.47 Å². The van der Waals surface area contributed by atoms with Gasteiger partial charge in [-0.25, -0.2) is 0 Å². The molecule has 174 valence electrons. The molecule has 0 aliphatic rings. The van der Waals surface area contributed by atoms with Crippen LogP contribution in [-0.2, 0) is 21.9 Å². The van der Waals surface area contributed by atoms with Gasteiger partial charge in [0, 0.05) is 18.3 Å². The standard InChI is InChI=1S/C25H34N2O4S/c1-6-18(2)26-25(29)19(3)27(15-20-7-11-22(30-4)12-8-20)24(28)17-32-16-21-9-13-23(31-5)14-10-21/h7-14,18-19H,6,15-17H2,1-5H3,(H,26,29)/t18-,19-/m0/s1. The molecule has 0 heterocycles. The number of hydrogen-bond donors (Lipinski definition) is 1. The summed E-state index contributed by atoms with van der Waals surface area (Å²) in [5.74, 6) is 2.36. The summed E-state index contributed by atoms with van der Waals surface area (Å²) in [5.41, 5.74) is 2.07. The molecule has 2 aromatic carbocycles. The van der Waals surface area contributed by atoms with E-state index >= 15 is 0 Å². The van der Waals surface area contributed by atoms with Crippen molar-refractivity contribution in [1.82, 2.24) is 10.2 Å². The molecule has 0 unspecified atom stereocenters. The SMILES string of the molecule is CC[C@H](C)NC(=O)[C@H](C)N(Cc1ccc(OC)cc1)C(=O)CSCc1ccc(OC)cc1. The van der Waals surface area contributed by atoms with Crippen LogP contribution in [0, 0.1) is 0 Å². The first-order chi connectivity index (χ1) is 15.4. The molecular weight excluding hydrogens is 424 g/mol. The van der Waals surface area contributed by atoms with Crippen LogP contribution in [-0.4, -0.2) is 48.8 Å². The second kappa shape index (κ2) is 13.0. The highest BCUT2D eigenvalue weighted by Crippen LogP contribution is 2.19. The molecule has 2 rings (SSSR count). The Bertz CT molecular complexity index is 855. The van der Waals surface area contributed by atoms with Crippen molar-refractivity contribution in [3.63, 3.8) is 0 Å². The van der Waals surface area contributed by atoms with Gasteiger partial charge in [-0.15, -0.1) is 11.8 Å². The van der Waals surface area contributed by atoms with E-state index in [1.165, 1.54) is 11.8 Å². The van der Waals surface area contributed by atoms with Crippen molar-refractivity contribution in [2.24, 2.45) is 0 Å². The Morgan fingerprint density at radius 2 is 1.47 bits per heavy atom. The Kier molecular flexibility index (Phi) is 10.4. The molecule has 0 aliphatic carbocycles. The molecule has 0 saturated carbocycles. The van der Waals surface area contributed by atoms with E-state index in [1.54, 1.807) is 26.0 Å². The lowest BCUT2D eigenvalue weighted by Crippen LogP contribution is -2.50. The van der Waals surface area contributed by atoms with Gasteiger partial charge in [0.25, 0.3) is 0 Å². The third-order valence-electron chi connectivity index (χ3n) is 5.33. The summed E-state index contributed by atoms with van der Waals surface area (Å²) in [6.45, 7) is 6.13. The average molecular weight is 459 g/mol. The largest absolute Gasteiger partial charge is 0.497 e. The third-order valence-corrected chi connectivity index (χ3v) is 6.32. The van der Waals surface area contributed by atoms with Crippen LogP contribution in [0.5, 0.6) is 11.5 Å². The Hall–Kier alpha value is -2.67. The fraction of sp³-hybridized carbons (Fsp3) is 0.440. The minimum absolute atomic E-state index is 0.0623. The predicted octanol–water partition coefficient (Wildman–Crippen LogP) is 4.27. The minimum Gasteiger partial charge on any atom is -0.497 e. The second-order valence-electron chi connectivity index (χ2n) is 7.70.